The third kappa shape index (κ3) is 3.62. The molecule has 0 aliphatic carbocycles. The number of fused-ring (bicyclic) bond motifs is 1. The summed E-state index contributed by atoms with van der Waals surface area (Å²) >= 11 is 1.89. The Morgan fingerprint density at radius 3 is 2.83 bits per heavy atom. The summed E-state index contributed by atoms with van der Waals surface area (Å²) in [5.74, 6) is 1.60. The molecule has 150 valence electrons. The van der Waals surface area contributed by atoms with E-state index < -0.39 is 5.91 Å². The Labute approximate surface area is 174 Å². The van der Waals surface area contributed by atoms with Crippen molar-refractivity contribution in [2.24, 2.45) is 5.73 Å². The van der Waals surface area contributed by atoms with E-state index in [2.05, 4.69) is 24.1 Å². The average molecular weight is 408 g/mol. The predicted octanol–water partition coefficient (Wildman–Crippen LogP) is 4.01. The summed E-state index contributed by atoms with van der Waals surface area (Å²) in [4.78, 5) is 16.2. The van der Waals surface area contributed by atoms with Gasteiger partial charge in [0.25, 0.3) is 0 Å². The lowest BCUT2D eigenvalue weighted by Crippen LogP contribution is -2.19. The molecule has 3 heterocycles. The third-order valence-corrected chi connectivity index (χ3v) is 6.71. The number of carbonyl (C=O) groups excluding carboxylic acids is 1. The normalized spacial score (nSPS) is 18.6. The number of nitrogens with two attached hydrogens (primary N) is 1. The van der Waals surface area contributed by atoms with Crippen LogP contribution in [0.5, 0.6) is 0 Å². The minimum atomic E-state index is -0.405. The number of hydrogen-bond donors (Lipinski definition) is 2. The number of primary amides is 1. The standard InChI is InChI=1S/C22H25N5OS/c1-4-27-22-18(19(26-27)17-7-5-6-10-24-17)20(29-12-14(3)25-22)16-9-8-15(21(23)28)11-13(16)2/h5-11,14,20,25H,4,12H2,1-3H3,(H2,23,28). The molecule has 0 fully saturated rings. The monoisotopic (exact) mass is 407 g/mol. The molecule has 2 unspecified atom stereocenters. The van der Waals surface area contributed by atoms with Crippen LogP contribution in [0, 0.1) is 6.92 Å². The molecule has 7 heteroatoms. The molecule has 3 N–H and O–H groups in total. The van der Waals surface area contributed by atoms with E-state index in [0.717, 1.165) is 40.6 Å². The molecule has 1 aliphatic rings. The first kappa shape index (κ1) is 19.5. The molecule has 1 aliphatic heterocycles. The van der Waals surface area contributed by atoms with Crippen LogP contribution in [-0.2, 0) is 6.54 Å². The summed E-state index contributed by atoms with van der Waals surface area (Å²) in [6, 6.07) is 11.9. The Hall–Kier alpha value is -2.80. The first-order chi connectivity index (χ1) is 14.0. The van der Waals surface area contributed by atoms with Crippen molar-refractivity contribution < 1.29 is 4.79 Å². The molecule has 0 radical (unpaired) electrons. The van der Waals surface area contributed by atoms with Crippen LogP contribution < -0.4 is 11.1 Å². The fraction of sp³-hybridized carbons (Fsp3) is 0.318. The summed E-state index contributed by atoms with van der Waals surface area (Å²) in [5.41, 5.74) is 11.1. The predicted molar refractivity (Wildman–Crippen MR) is 118 cm³/mol. The van der Waals surface area contributed by atoms with Crippen LogP contribution in [0.15, 0.2) is 42.6 Å². The van der Waals surface area contributed by atoms with E-state index in [0.29, 0.717) is 11.6 Å². The number of carbonyl (C=O) groups is 1. The first-order valence-electron chi connectivity index (χ1n) is 9.80. The molecule has 3 aromatic rings. The van der Waals surface area contributed by atoms with Crippen LogP contribution in [0.2, 0.25) is 0 Å². The topological polar surface area (TPSA) is 85.8 Å². The number of thioether (sulfide) groups is 1. The molecule has 0 spiro atoms. The molecular weight excluding hydrogens is 382 g/mol. The molecule has 4 rings (SSSR count). The Balaban J connectivity index is 1.93. The van der Waals surface area contributed by atoms with E-state index in [1.54, 1.807) is 6.20 Å². The summed E-state index contributed by atoms with van der Waals surface area (Å²) in [7, 11) is 0. The van der Waals surface area contributed by atoms with Crippen molar-refractivity contribution >= 4 is 23.5 Å². The van der Waals surface area contributed by atoms with Crippen molar-refractivity contribution in [3.8, 4) is 11.4 Å². The zero-order valence-electron chi connectivity index (χ0n) is 16.8. The van der Waals surface area contributed by atoms with Crippen LogP contribution in [0.25, 0.3) is 11.4 Å². The van der Waals surface area contributed by atoms with Gasteiger partial charge in [0.1, 0.15) is 11.5 Å². The van der Waals surface area contributed by atoms with Gasteiger partial charge in [-0.2, -0.15) is 5.10 Å². The van der Waals surface area contributed by atoms with Gasteiger partial charge in [0, 0.05) is 35.7 Å². The van der Waals surface area contributed by atoms with Crippen LogP contribution in [0.4, 0.5) is 5.82 Å². The minimum absolute atomic E-state index is 0.0849. The number of rotatable bonds is 4. The molecule has 0 saturated heterocycles. The molecule has 1 amide bonds. The Kier molecular flexibility index (Phi) is 5.32. The molecule has 2 aromatic heterocycles. The third-order valence-electron chi connectivity index (χ3n) is 5.19. The van der Waals surface area contributed by atoms with Gasteiger partial charge in [-0.05, 0) is 56.2 Å². The second-order valence-electron chi connectivity index (χ2n) is 7.34. The number of pyridine rings is 1. The number of anilines is 1. The molecule has 1 aromatic carbocycles. The highest BCUT2D eigenvalue weighted by atomic mass is 32.2. The second kappa shape index (κ2) is 7.91. The minimum Gasteiger partial charge on any atom is -0.367 e. The first-order valence-corrected chi connectivity index (χ1v) is 10.8. The van der Waals surface area contributed by atoms with Gasteiger partial charge in [-0.15, -0.1) is 11.8 Å². The summed E-state index contributed by atoms with van der Waals surface area (Å²) < 4.78 is 2.03. The van der Waals surface area contributed by atoms with Gasteiger partial charge in [-0.3, -0.25) is 9.78 Å². The quantitative estimate of drug-likeness (QED) is 0.682. The summed E-state index contributed by atoms with van der Waals surface area (Å²) in [6.45, 7) is 7.09. The molecular formula is C22H25N5OS. The van der Waals surface area contributed by atoms with Crippen molar-refractivity contribution in [3.05, 3.63) is 64.8 Å². The van der Waals surface area contributed by atoms with Crippen molar-refractivity contribution in [1.29, 1.82) is 0 Å². The zero-order valence-corrected chi connectivity index (χ0v) is 17.7. The number of nitrogens with zero attached hydrogens (tertiary/aromatic N) is 3. The maximum absolute atomic E-state index is 11.6. The molecule has 6 nitrogen and oxygen atoms in total. The lowest BCUT2D eigenvalue weighted by atomic mass is 9.96. The maximum Gasteiger partial charge on any atom is 0.248 e. The maximum atomic E-state index is 11.6. The lowest BCUT2D eigenvalue weighted by Gasteiger charge is -2.19. The smallest absolute Gasteiger partial charge is 0.248 e. The molecule has 2 atom stereocenters. The van der Waals surface area contributed by atoms with Gasteiger partial charge in [-0.25, -0.2) is 4.68 Å². The average Bonchev–Trinajstić information content (AvgIpc) is 2.98. The molecule has 0 saturated carbocycles. The van der Waals surface area contributed by atoms with Gasteiger partial charge in [0.2, 0.25) is 5.91 Å². The fourth-order valence-electron chi connectivity index (χ4n) is 3.76. The van der Waals surface area contributed by atoms with Gasteiger partial charge in [-0.1, -0.05) is 12.1 Å². The van der Waals surface area contributed by atoms with E-state index in [1.807, 2.05) is 59.8 Å². The highest BCUT2D eigenvalue weighted by Crippen LogP contribution is 2.47. The van der Waals surface area contributed by atoms with Crippen molar-refractivity contribution in [3.63, 3.8) is 0 Å². The van der Waals surface area contributed by atoms with E-state index >= 15 is 0 Å². The van der Waals surface area contributed by atoms with Gasteiger partial charge in [0.15, 0.2) is 0 Å². The highest BCUT2D eigenvalue weighted by molar-refractivity contribution is 7.99. The van der Waals surface area contributed by atoms with E-state index in [4.69, 9.17) is 10.8 Å². The molecule has 0 bridgehead atoms. The SMILES string of the molecule is CCn1nc(-c2ccccn2)c2c1NC(C)CSC2c1ccc(C(N)=O)cc1C. The van der Waals surface area contributed by atoms with E-state index in [9.17, 15) is 4.79 Å². The number of nitrogens with one attached hydrogen (secondary N) is 1. The van der Waals surface area contributed by atoms with Gasteiger partial charge >= 0.3 is 0 Å². The number of aromatic nitrogens is 3. The summed E-state index contributed by atoms with van der Waals surface area (Å²) in [6.07, 6.45) is 1.80. The fourth-order valence-corrected chi connectivity index (χ4v) is 5.16. The lowest BCUT2D eigenvalue weighted by molar-refractivity contribution is 0.1000. The summed E-state index contributed by atoms with van der Waals surface area (Å²) in [5, 5.41) is 8.66. The number of hydrogen-bond acceptors (Lipinski definition) is 5. The number of benzene rings is 1. The largest absolute Gasteiger partial charge is 0.367 e. The Bertz CT molecular complexity index is 1050. The van der Waals surface area contributed by atoms with Gasteiger partial charge in [0.05, 0.1) is 10.9 Å². The van der Waals surface area contributed by atoms with Crippen LogP contribution in [-0.4, -0.2) is 32.5 Å². The van der Waals surface area contributed by atoms with Crippen LogP contribution in [0.3, 0.4) is 0 Å². The van der Waals surface area contributed by atoms with E-state index in [-0.39, 0.29) is 5.25 Å². The van der Waals surface area contributed by atoms with Crippen molar-refractivity contribution in [1.82, 2.24) is 14.8 Å². The second-order valence-corrected chi connectivity index (χ2v) is 8.47. The molecule has 29 heavy (non-hydrogen) atoms. The van der Waals surface area contributed by atoms with Crippen molar-refractivity contribution in [2.45, 2.75) is 38.6 Å². The van der Waals surface area contributed by atoms with Gasteiger partial charge < -0.3 is 11.1 Å². The Morgan fingerprint density at radius 2 is 2.17 bits per heavy atom. The van der Waals surface area contributed by atoms with Crippen LogP contribution >= 0.6 is 11.8 Å². The Morgan fingerprint density at radius 1 is 1.34 bits per heavy atom. The van der Waals surface area contributed by atoms with Crippen LogP contribution in [0.1, 0.15) is 46.1 Å². The number of aryl methyl sites for hydroxylation is 2. The number of amides is 1. The zero-order chi connectivity index (χ0) is 20.5. The van der Waals surface area contributed by atoms with Crippen molar-refractivity contribution in [2.75, 3.05) is 11.1 Å². The highest BCUT2D eigenvalue weighted by Gasteiger charge is 2.32. The van der Waals surface area contributed by atoms with E-state index in [1.165, 1.54) is 5.56 Å².